The summed E-state index contributed by atoms with van der Waals surface area (Å²) in [6, 6.07) is 0. The van der Waals surface area contributed by atoms with Crippen molar-refractivity contribution in [2.75, 3.05) is 12.3 Å². The number of thioether (sulfide) groups is 1. The Hall–Kier alpha value is -0.0600. The SMILES string of the molecule is c1nc(CNCC2CCCCS2)cs1. The van der Waals surface area contributed by atoms with E-state index in [-0.39, 0.29) is 0 Å². The molecule has 0 saturated carbocycles. The second kappa shape index (κ2) is 5.73. The van der Waals surface area contributed by atoms with Gasteiger partial charge in [-0.3, -0.25) is 0 Å². The van der Waals surface area contributed by atoms with Crippen LogP contribution in [0.1, 0.15) is 25.0 Å². The number of hydrogen-bond acceptors (Lipinski definition) is 4. The normalized spacial score (nSPS) is 22.4. The highest BCUT2D eigenvalue weighted by Crippen LogP contribution is 2.24. The van der Waals surface area contributed by atoms with Crippen LogP contribution in [0.4, 0.5) is 0 Å². The predicted molar refractivity (Wildman–Crippen MR) is 63.9 cm³/mol. The third-order valence-electron chi connectivity index (χ3n) is 2.44. The van der Waals surface area contributed by atoms with E-state index in [4.69, 9.17) is 0 Å². The largest absolute Gasteiger partial charge is 0.310 e. The van der Waals surface area contributed by atoms with Crippen LogP contribution in [0.2, 0.25) is 0 Å². The molecule has 0 bridgehead atoms. The third kappa shape index (κ3) is 3.26. The number of thiazole rings is 1. The van der Waals surface area contributed by atoms with Crippen LogP contribution in [0.25, 0.3) is 0 Å². The summed E-state index contributed by atoms with van der Waals surface area (Å²) in [6.45, 7) is 2.07. The van der Waals surface area contributed by atoms with Gasteiger partial charge in [0.2, 0.25) is 0 Å². The molecule has 2 heterocycles. The van der Waals surface area contributed by atoms with Gasteiger partial charge in [0.1, 0.15) is 0 Å². The van der Waals surface area contributed by atoms with Crippen LogP contribution in [0.5, 0.6) is 0 Å². The van der Waals surface area contributed by atoms with Crippen molar-refractivity contribution >= 4 is 23.1 Å². The first-order valence-electron chi connectivity index (χ1n) is 5.14. The summed E-state index contributed by atoms with van der Waals surface area (Å²) in [4.78, 5) is 4.25. The zero-order valence-corrected chi connectivity index (χ0v) is 9.87. The molecular weight excluding hydrogens is 212 g/mol. The summed E-state index contributed by atoms with van der Waals surface area (Å²) in [5.74, 6) is 1.35. The fraction of sp³-hybridized carbons (Fsp3) is 0.700. The third-order valence-corrected chi connectivity index (χ3v) is 4.47. The second-order valence-corrected chi connectivity index (χ2v) is 5.73. The molecule has 14 heavy (non-hydrogen) atoms. The van der Waals surface area contributed by atoms with Crippen molar-refractivity contribution in [1.29, 1.82) is 0 Å². The Morgan fingerprint density at radius 1 is 1.50 bits per heavy atom. The van der Waals surface area contributed by atoms with Crippen LogP contribution < -0.4 is 5.32 Å². The zero-order chi connectivity index (χ0) is 9.64. The Labute approximate surface area is 93.5 Å². The van der Waals surface area contributed by atoms with Crippen molar-refractivity contribution in [2.45, 2.75) is 31.1 Å². The van der Waals surface area contributed by atoms with Gasteiger partial charge in [-0.2, -0.15) is 11.8 Å². The van der Waals surface area contributed by atoms with E-state index in [1.807, 2.05) is 5.51 Å². The number of rotatable bonds is 4. The predicted octanol–water partition coefficient (Wildman–Crippen LogP) is 2.52. The maximum atomic E-state index is 4.25. The van der Waals surface area contributed by atoms with E-state index in [0.717, 1.165) is 18.3 Å². The van der Waals surface area contributed by atoms with Gasteiger partial charge in [-0.1, -0.05) is 6.42 Å². The van der Waals surface area contributed by atoms with Crippen molar-refractivity contribution in [3.8, 4) is 0 Å². The summed E-state index contributed by atoms with van der Waals surface area (Å²) >= 11 is 3.79. The molecule has 0 aliphatic carbocycles. The lowest BCUT2D eigenvalue weighted by Gasteiger charge is -2.21. The average molecular weight is 228 g/mol. The Bertz CT molecular complexity index is 243. The summed E-state index contributed by atoms with van der Waals surface area (Å²) in [7, 11) is 0. The number of nitrogens with zero attached hydrogens (tertiary/aromatic N) is 1. The molecule has 1 aromatic rings. The molecule has 0 spiro atoms. The van der Waals surface area contributed by atoms with Crippen LogP contribution in [-0.2, 0) is 6.54 Å². The summed E-state index contributed by atoms with van der Waals surface area (Å²) in [5.41, 5.74) is 3.07. The van der Waals surface area contributed by atoms with E-state index >= 15 is 0 Å². The summed E-state index contributed by atoms with van der Waals surface area (Å²) in [5, 5.41) is 6.43. The Morgan fingerprint density at radius 2 is 2.50 bits per heavy atom. The molecule has 1 unspecified atom stereocenters. The molecule has 1 aliphatic rings. The van der Waals surface area contributed by atoms with Gasteiger partial charge >= 0.3 is 0 Å². The van der Waals surface area contributed by atoms with Gasteiger partial charge in [0.15, 0.2) is 0 Å². The summed E-state index contributed by atoms with van der Waals surface area (Å²) < 4.78 is 0. The molecule has 0 aromatic carbocycles. The minimum Gasteiger partial charge on any atom is -0.310 e. The molecule has 1 N–H and O–H groups in total. The highest BCUT2D eigenvalue weighted by Gasteiger charge is 2.12. The van der Waals surface area contributed by atoms with Gasteiger partial charge in [0, 0.05) is 23.7 Å². The van der Waals surface area contributed by atoms with E-state index in [1.165, 1.54) is 30.7 Å². The second-order valence-electron chi connectivity index (χ2n) is 3.60. The van der Waals surface area contributed by atoms with Crippen LogP contribution in [0.15, 0.2) is 10.9 Å². The van der Waals surface area contributed by atoms with Gasteiger partial charge in [-0.05, 0) is 18.6 Å². The van der Waals surface area contributed by atoms with Gasteiger partial charge < -0.3 is 5.32 Å². The van der Waals surface area contributed by atoms with Crippen LogP contribution in [0, 0.1) is 0 Å². The molecule has 0 radical (unpaired) electrons. The number of aromatic nitrogens is 1. The Balaban J connectivity index is 1.62. The van der Waals surface area contributed by atoms with E-state index in [1.54, 1.807) is 11.3 Å². The van der Waals surface area contributed by atoms with Gasteiger partial charge in [-0.15, -0.1) is 11.3 Å². The van der Waals surface area contributed by atoms with Crippen molar-refractivity contribution in [1.82, 2.24) is 10.3 Å². The fourth-order valence-corrected chi connectivity index (χ4v) is 3.49. The maximum absolute atomic E-state index is 4.25. The molecule has 2 rings (SSSR count). The first-order chi connectivity index (χ1) is 6.95. The number of nitrogens with one attached hydrogen (secondary N) is 1. The molecule has 1 saturated heterocycles. The van der Waals surface area contributed by atoms with Gasteiger partial charge in [-0.25, -0.2) is 4.98 Å². The lowest BCUT2D eigenvalue weighted by Crippen LogP contribution is -2.26. The zero-order valence-electron chi connectivity index (χ0n) is 8.24. The monoisotopic (exact) mass is 228 g/mol. The van der Waals surface area contributed by atoms with Gasteiger partial charge in [0.25, 0.3) is 0 Å². The number of hydrogen-bond donors (Lipinski definition) is 1. The van der Waals surface area contributed by atoms with E-state index in [9.17, 15) is 0 Å². The molecule has 1 aliphatic heterocycles. The fourth-order valence-electron chi connectivity index (χ4n) is 1.65. The van der Waals surface area contributed by atoms with E-state index in [2.05, 4.69) is 27.4 Å². The standard InChI is InChI=1S/C10H16N2S2/c1-2-4-14-10(3-1)6-11-5-9-7-13-8-12-9/h7-8,10-11H,1-6H2. The minimum absolute atomic E-state index is 0.836. The van der Waals surface area contributed by atoms with Crippen molar-refractivity contribution < 1.29 is 0 Å². The lowest BCUT2D eigenvalue weighted by molar-refractivity contribution is 0.594. The molecule has 78 valence electrons. The van der Waals surface area contributed by atoms with Crippen molar-refractivity contribution in [2.24, 2.45) is 0 Å². The van der Waals surface area contributed by atoms with Gasteiger partial charge in [0.05, 0.1) is 11.2 Å². The first-order valence-corrected chi connectivity index (χ1v) is 7.13. The smallest absolute Gasteiger partial charge is 0.0795 e. The van der Waals surface area contributed by atoms with Crippen molar-refractivity contribution in [3.05, 3.63) is 16.6 Å². The van der Waals surface area contributed by atoms with E-state index < -0.39 is 0 Å². The van der Waals surface area contributed by atoms with Crippen molar-refractivity contribution in [3.63, 3.8) is 0 Å². The van der Waals surface area contributed by atoms with Crippen LogP contribution in [-0.4, -0.2) is 22.5 Å². The quantitative estimate of drug-likeness (QED) is 0.857. The molecule has 0 amide bonds. The van der Waals surface area contributed by atoms with Crippen LogP contribution in [0.3, 0.4) is 0 Å². The minimum atomic E-state index is 0.836. The molecule has 1 fully saturated rings. The Morgan fingerprint density at radius 3 is 3.21 bits per heavy atom. The molecule has 4 heteroatoms. The summed E-state index contributed by atoms with van der Waals surface area (Å²) in [6.07, 6.45) is 4.21. The van der Waals surface area contributed by atoms with E-state index in [0.29, 0.717) is 0 Å². The molecule has 1 atom stereocenters. The van der Waals surface area contributed by atoms with Crippen LogP contribution >= 0.6 is 23.1 Å². The highest BCUT2D eigenvalue weighted by molar-refractivity contribution is 7.99. The maximum Gasteiger partial charge on any atom is 0.0795 e. The lowest BCUT2D eigenvalue weighted by atomic mass is 10.2. The average Bonchev–Trinajstić information content (AvgIpc) is 2.72. The topological polar surface area (TPSA) is 24.9 Å². The first kappa shape index (κ1) is 10.5. The molecule has 2 nitrogen and oxygen atoms in total. The Kier molecular flexibility index (Phi) is 4.28. The highest BCUT2D eigenvalue weighted by atomic mass is 32.2. The molecular formula is C10H16N2S2. The molecule has 1 aromatic heterocycles.